The third kappa shape index (κ3) is 6.12. The third-order valence-corrected chi connectivity index (χ3v) is 8.24. The van der Waals surface area contributed by atoms with E-state index in [1.54, 1.807) is 13.8 Å². The molecular weight excluding hydrogens is 518 g/mol. The van der Waals surface area contributed by atoms with Crippen molar-refractivity contribution < 1.29 is 24.2 Å². The minimum atomic E-state index is -1.25. The summed E-state index contributed by atoms with van der Waals surface area (Å²) < 4.78 is 5.81. The number of amides is 2. The number of carbonyl (C=O) groups excluding carboxylic acids is 2. The molecule has 3 aromatic rings. The molecule has 0 unspecified atom stereocenters. The molecule has 3 aromatic carbocycles. The fourth-order valence-electron chi connectivity index (χ4n) is 6.07. The van der Waals surface area contributed by atoms with E-state index in [9.17, 15) is 19.5 Å². The lowest BCUT2D eigenvalue weighted by Crippen LogP contribution is -2.65. The number of rotatable bonds is 9. The second-order valence-electron chi connectivity index (χ2n) is 11.2. The van der Waals surface area contributed by atoms with Gasteiger partial charge in [0, 0.05) is 31.6 Å². The van der Waals surface area contributed by atoms with Gasteiger partial charge in [-0.15, -0.1) is 0 Å². The summed E-state index contributed by atoms with van der Waals surface area (Å²) in [6.07, 6.45) is 0.0352. The van der Waals surface area contributed by atoms with Crippen molar-refractivity contribution in [2.75, 3.05) is 26.2 Å². The van der Waals surface area contributed by atoms with E-state index >= 15 is 0 Å². The average molecular weight is 556 g/mol. The number of nitrogens with one attached hydrogen (secondary N) is 1. The van der Waals surface area contributed by atoms with Crippen LogP contribution in [-0.4, -0.2) is 70.7 Å². The summed E-state index contributed by atoms with van der Waals surface area (Å²) in [5.74, 6) is -1.58. The topological polar surface area (TPSA) is 99.2 Å². The number of carboxylic acid groups (broad SMARTS) is 1. The zero-order valence-electron chi connectivity index (χ0n) is 23.6. The predicted molar refractivity (Wildman–Crippen MR) is 156 cm³/mol. The fraction of sp³-hybridized carbons (Fsp3) is 0.364. The minimum Gasteiger partial charge on any atom is -0.480 e. The second-order valence-corrected chi connectivity index (χ2v) is 11.2. The quantitative estimate of drug-likeness (QED) is 0.391. The lowest BCUT2D eigenvalue weighted by atomic mass is 9.85. The number of carboxylic acids is 1. The molecule has 0 bridgehead atoms. The van der Waals surface area contributed by atoms with E-state index < -0.39 is 24.1 Å². The van der Waals surface area contributed by atoms with Crippen LogP contribution in [0.1, 0.15) is 49.3 Å². The maximum atomic E-state index is 14.0. The molecule has 0 saturated carbocycles. The normalized spacial score (nSPS) is 16.1. The van der Waals surface area contributed by atoms with Crippen LogP contribution in [0.2, 0.25) is 0 Å². The molecule has 8 nitrogen and oxygen atoms in total. The van der Waals surface area contributed by atoms with Gasteiger partial charge in [-0.1, -0.05) is 78.9 Å². The first-order valence-electron chi connectivity index (χ1n) is 14.2. The number of likely N-dealkylation sites (tertiary alicyclic amines) is 1. The van der Waals surface area contributed by atoms with E-state index in [-0.39, 0.29) is 24.5 Å². The summed E-state index contributed by atoms with van der Waals surface area (Å²) in [5, 5.41) is 12.4. The van der Waals surface area contributed by atoms with Crippen molar-refractivity contribution in [3.63, 3.8) is 0 Å². The van der Waals surface area contributed by atoms with Crippen molar-refractivity contribution in [2.24, 2.45) is 0 Å². The van der Waals surface area contributed by atoms with E-state index in [0.717, 1.165) is 28.8 Å². The summed E-state index contributed by atoms with van der Waals surface area (Å²) in [5.41, 5.74) is 4.40. The summed E-state index contributed by atoms with van der Waals surface area (Å²) in [6.45, 7) is 5.15. The monoisotopic (exact) mass is 555 g/mol. The molecule has 214 valence electrons. The van der Waals surface area contributed by atoms with Crippen LogP contribution < -0.4 is 5.32 Å². The van der Waals surface area contributed by atoms with Crippen LogP contribution in [0.15, 0.2) is 78.9 Å². The molecule has 2 N–H and O–H groups in total. The van der Waals surface area contributed by atoms with Gasteiger partial charge >= 0.3 is 12.1 Å². The molecule has 0 aromatic heterocycles. The molecule has 41 heavy (non-hydrogen) atoms. The maximum Gasteiger partial charge on any atom is 0.408 e. The molecule has 8 heteroatoms. The van der Waals surface area contributed by atoms with Crippen LogP contribution in [0.5, 0.6) is 0 Å². The van der Waals surface area contributed by atoms with Crippen LogP contribution in [-0.2, 0) is 20.9 Å². The van der Waals surface area contributed by atoms with Crippen LogP contribution in [0.4, 0.5) is 4.79 Å². The molecule has 2 aliphatic rings. The van der Waals surface area contributed by atoms with Gasteiger partial charge in [-0.2, -0.15) is 0 Å². The Bertz CT molecular complexity index is 1350. The van der Waals surface area contributed by atoms with Crippen molar-refractivity contribution in [2.45, 2.75) is 50.7 Å². The number of nitrogens with zero attached hydrogens (tertiary/aromatic N) is 2. The molecule has 0 spiro atoms. The van der Waals surface area contributed by atoms with Gasteiger partial charge in [0.25, 0.3) is 0 Å². The van der Waals surface area contributed by atoms with Gasteiger partial charge in [-0.05, 0) is 54.5 Å². The van der Waals surface area contributed by atoms with Gasteiger partial charge in [0.15, 0.2) is 0 Å². The number of piperidine rings is 1. The van der Waals surface area contributed by atoms with E-state index in [2.05, 4.69) is 46.6 Å². The Morgan fingerprint density at radius 3 is 2.05 bits per heavy atom. The minimum absolute atomic E-state index is 0.105. The highest BCUT2D eigenvalue weighted by atomic mass is 16.5. The molecular formula is C33H37N3O5. The summed E-state index contributed by atoms with van der Waals surface area (Å²) in [4.78, 5) is 42.5. The van der Waals surface area contributed by atoms with Crippen molar-refractivity contribution in [3.8, 4) is 11.1 Å². The summed E-state index contributed by atoms with van der Waals surface area (Å²) in [7, 11) is 0. The van der Waals surface area contributed by atoms with Crippen LogP contribution >= 0.6 is 0 Å². The van der Waals surface area contributed by atoms with Crippen molar-refractivity contribution in [3.05, 3.63) is 95.6 Å². The lowest BCUT2D eigenvalue weighted by molar-refractivity contribution is -0.150. The molecule has 1 fully saturated rings. The highest BCUT2D eigenvalue weighted by molar-refractivity contribution is 5.92. The SMILES string of the molecule is CC(C)N(CC(=O)O)C(=O)C1(NC(=O)OCC2c3ccccc3-c3ccccc32)CCN(Cc2ccccc2)CC1. The van der Waals surface area contributed by atoms with E-state index in [1.165, 1.54) is 10.5 Å². The Hall–Kier alpha value is -4.17. The fourth-order valence-corrected chi connectivity index (χ4v) is 6.07. The van der Waals surface area contributed by atoms with Crippen LogP contribution in [0.3, 0.4) is 0 Å². The number of ether oxygens (including phenoxy) is 1. The second kappa shape index (κ2) is 12.1. The Morgan fingerprint density at radius 1 is 0.927 bits per heavy atom. The standard InChI is InChI=1S/C33H37N3O5/c1-23(2)36(21-30(37)38)31(39)33(16-18-35(19-17-33)20-24-10-4-3-5-11-24)34-32(40)41-22-29-27-14-8-6-12-25(27)26-13-7-9-15-28(26)29/h3-15,23,29H,16-22H2,1-2H3,(H,34,40)(H,37,38). The lowest BCUT2D eigenvalue weighted by Gasteiger charge is -2.44. The molecule has 5 rings (SSSR count). The average Bonchev–Trinajstić information content (AvgIpc) is 3.29. The number of hydrogen-bond donors (Lipinski definition) is 2. The Kier molecular flexibility index (Phi) is 8.40. The van der Waals surface area contributed by atoms with Gasteiger partial charge in [0.1, 0.15) is 18.7 Å². The number of carbonyl (C=O) groups is 3. The van der Waals surface area contributed by atoms with Gasteiger partial charge in [0.2, 0.25) is 5.91 Å². The van der Waals surface area contributed by atoms with E-state index in [0.29, 0.717) is 25.9 Å². The van der Waals surface area contributed by atoms with Crippen LogP contribution in [0, 0.1) is 0 Å². The first-order valence-corrected chi connectivity index (χ1v) is 14.2. The zero-order valence-corrected chi connectivity index (χ0v) is 23.6. The van der Waals surface area contributed by atoms with E-state index in [4.69, 9.17) is 4.74 Å². The first kappa shape index (κ1) is 28.4. The van der Waals surface area contributed by atoms with Crippen molar-refractivity contribution in [1.29, 1.82) is 0 Å². The molecule has 1 heterocycles. The third-order valence-electron chi connectivity index (χ3n) is 8.24. The highest BCUT2D eigenvalue weighted by Gasteiger charge is 2.46. The van der Waals surface area contributed by atoms with E-state index in [1.807, 2.05) is 42.5 Å². The van der Waals surface area contributed by atoms with Crippen molar-refractivity contribution >= 4 is 18.0 Å². The predicted octanol–water partition coefficient (Wildman–Crippen LogP) is 4.88. The van der Waals surface area contributed by atoms with Gasteiger partial charge < -0.3 is 20.1 Å². The number of fused-ring (bicyclic) bond motifs is 3. The smallest absolute Gasteiger partial charge is 0.408 e. The van der Waals surface area contributed by atoms with Gasteiger partial charge in [-0.3, -0.25) is 14.5 Å². The molecule has 1 aliphatic carbocycles. The molecule has 2 amide bonds. The Labute approximate surface area is 240 Å². The molecule has 1 aliphatic heterocycles. The van der Waals surface area contributed by atoms with Gasteiger partial charge in [0.05, 0.1) is 0 Å². The summed E-state index contributed by atoms with van der Waals surface area (Å²) >= 11 is 0. The first-order chi connectivity index (χ1) is 19.8. The van der Waals surface area contributed by atoms with Crippen molar-refractivity contribution in [1.82, 2.24) is 15.1 Å². The number of hydrogen-bond acceptors (Lipinski definition) is 5. The number of benzene rings is 3. The Balaban J connectivity index is 1.32. The zero-order chi connectivity index (χ0) is 29.0. The van der Waals surface area contributed by atoms with Gasteiger partial charge in [-0.25, -0.2) is 4.79 Å². The van der Waals surface area contributed by atoms with Crippen LogP contribution in [0.25, 0.3) is 11.1 Å². The molecule has 0 radical (unpaired) electrons. The largest absolute Gasteiger partial charge is 0.480 e. The number of alkyl carbamates (subject to hydrolysis) is 1. The highest BCUT2D eigenvalue weighted by Crippen LogP contribution is 2.44. The molecule has 0 atom stereocenters. The summed E-state index contributed by atoms with van der Waals surface area (Å²) in [6, 6.07) is 26.0. The molecule has 1 saturated heterocycles. The Morgan fingerprint density at radius 2 is 1.49 bits per heavy atom. The number of aliphatic carboxylic acids is 1. The maximum absolute atomic E-state index is 14.0.